The molecule has 196 valence electrons. The summed E-state index contributed by atoms with van der Waals surface area (Å²) in [4.78, 5) is 29.6. The number of fused-ring (bicyclic) bond motifs is 1. The Kier molecular flexibility index (Phi) is 7.99. The van der Waals surface area contributed by atoms with Crippen molar-refractivity contribution < 1.29 is 19.1 Å². The van der Waals surface area contributed by atoms with Crippen molar-refractivity contribution in [3.05, 3.63) is 54.1 Å². The monoisotopic (exact) mass is 505 g/mol. The summed E-state index contributed by atoms with van der Waals surface area (Å²) in [6.45, 7) is 3.31. The van der Waals surface area contributed by atoms with Gasteiger partial charge in [-0.3, -0.25) is 9.59 Å². The average molecular weight is 506 g/mol. The van der Waals surface area contributed by atoms with Gasteiger partial charge in [0.15, 0.2) is 0 Å². The van der Waals surface area contributed by atoms with Crippen molar-refractivity contribution in [3.63, 3.8) is 0 Å². The molecule has 2 aromatic carbocycles. The van der Waals surface area contributed by atoms with Crippen molar-refractivity contribution in [1.29, 1.82) is 0 Å². The minimum absolute atomic E-state index is 0.0305. The van der Waals surface area contributed by atoms with E-state index in [-0.39, 0.29) is 30.5 Å². The fraction of sp³-hybridized carbons (Fsp3) is 0.500. The van der Waals surface area contributed by atoms with Gasteiger partial charge in [0.25, 0.3) is 0 Å². The highest BCUT2D eigenvalue weighted by molar-refractivity contribution is 5.90. The van der Waals surface area contributed by atoms with Crippen LogP contribution in [0, 0.1) is 0 Å². The van der Waals surface area contributed by atoms with Crippen molar-refractivity contribution in [2.24, 2.45) is 0 Å². The van der Waals surface area contributed by atoms with Gasteiger partial charge in [0.2, 0.25) is 11.8 Å². The summed E-state index contributed by atoms with van der Waals surface area (Å²) in [5.41, 5.74) is 2.17. The predicted molar refractivity (Wildman–Crippen MR) is 139 cm³/mol. The Morgan fingerprint density at radius 1 is 1.11 bits per heavy atom. The summed E-state index contributed by atoms with van der Waals surface area (Å²) in [6, 6.07) is 14.3. The molecule has 1 N–H and O–H groups in total. The third-order valence-corrected chi connectivity index (χ3v) is 7.22. The number of ether oxygens (including phenoxy) is 2. The smallest absolute Gasteiger partial charge is 0.247 e. The number of nitrogens with zero attached hydrogens (tertiary/aromatic N) is 4. The van der Waals surface area contributed by atoms with Gasteiger partial charge in [-0.05, 0) is 50.8 Å². The number of rotatable bonds is 10. The molecule has 0 radical (unpaired) electrons. The Balaban J connectivity index is 1.51. The van der Waals surface area contributed by atoms with Crippen LogP contribution >= 0.6 is 0 Å². The summed E-state index contributed by atoms with van der Waals surface area (Å²) in [5, 5.41) is 11.6. The van der Waals surface area contributed by atoms with Crippen LogP contribution in [0.1, 0.15) is 57.1 Å². The van der Waals surface area contributed by atoms with Gasteiger partial charge in [0.1, 0.15) is 23.9 Å². The molecule has 9 nitrogen and oxygen atoms in total. The lowest BCUT2D eigenvalue weighted by Gasteiger charge is -2.34. The lowest BCUT2D eigenvalue weighted by molar-refractivity contribution is -0.143. The van der Waals surface area contributed by atoms with E-state index in [0.29, 0.717) is 31.1 Å². The average Bonchev–Trinajstić information content (AvgIpc) is 3.68. The van der Waals surface area contributed by atoms with Gasteiger partial charge in [-0.15, -0.1) is 5.10 Å². The second kappa shape index (κ2) is 11.7. The molecular weight excluding hydrogens is 470 g/mol. The zero-order valence-corrected chi connectivity index (χ0v) is 21.3. The Morgan fingerprint density at radius 2 is 1.89 bits per heavy atom. The van der Waals surface area contributed by atoms with Gasteiger partial charge in [0.05, 0.1) is 18.2 Å². The van der Waals surface area contributed by atoms with E-state index in [4.69, 9.17) is 9.47 Å². The lowest BCUT2D eigenvalue weighted by Crippen LogP contribution is -2.49. The van der Waals surface area contributed by atoms with E-state index in [0.717, 1.165) is 49.6 Å². The fourth-order valence-corrected chi connectivity index (χ4v) is 5.41. The summed E-state index contributed by atoms with van der Waals surface area (Å²) < 4.78 is 13.4. The van der Waals surface area contributed by atoms with Crippen LogP contribution in [0.3, 0.4) is 0 Å². The lowest BCUT2D eigenvalue weighted by atomic mass is 10.0. The summed E-state index contributed by atoms with van der Waals surface area (Å²) >= 11 is 0. The minimum atomic E-state index is -0.852. The molecular formula is C28H35N5O4. The van der Waals surface area contributed by atoms with Crippen molar-refractivity contribution in [1.82, 2.24) is 25.2 Å². The van der Waals surface area contributed by atoms with Crippen molar-refractivity contribution in [2.45, 2.75) is 70.2 Å². The maximum atomic E-state index is 14.0. The first-order valence-corrected chi connectivity index (χ1v) is 13.4. The maximum Gasteiger partial charge on any atom is 0.247 e. The van der Waals surface area contributed by atoms with Crippen LogP contribution in [0.4, 0.5) is 0 Å². The number of hydrogen-bond donors (Lipinski definition) is 1. The van der Waals surface area contributed by atoms with Crippen molar-refractivity contribution >= 4 is 22.8 Å². The molecule has 2 heterocycles. The van der Waals surface area contributed by atoms with Crippen molar-refractivity contribution in [2.75, 3.05) is 19.8 Å². The number of para-hydroxylation sites is 2. The molecule has 0 bridgehead atoms. The minimum Gasteiger partial charge on any atom is -0.494 e. The maximum absolute atomic E-state index is 14.0. The molecule has 1 saturated carbocycles. The first kappa shape index (κ1) is 25.2. The highest BCUT2D eigenvalue weighted by Crippen LogP contribution is 2.32. The molecule has 9 heteroatoms. The molecule has 1 aliphatic carbocycles. The molecule has 1 saturated heterocycles. The van der Waals surface area contributed by atoms with Gasteiger partial charge in [-0.25, -0.2) is 4.68 Å². The molecule has 1 aromatic heterocycles. The molecule has 2 atom stereocenters. The predicted octanol–water partition coefficient (Wildman–Crippen LogP) is 3.64. The van der Waals surface area contributed by atoms with E-state index in [1.54, 1.807) is 9.58 Å². The third kappa shape index (κ3) is 5.77. The fourth-order valence-electron chi connectivity index (χ4n) is 5.41. The van der Waals surface area contributed by atoms with Crippen LogP contribution in [0.5, 0.6) is 5.75 Å². The molecule has 1 aliphatic heterocycles. The van der Waals surface area contributed by atoms with Crippen molar-refractivity contribution in [3.8, 4) is 5.75 Å². The van der Waals surface area contributed by atoms with Crippen LogP contribution in [-0.4, -0.2) is 63.6 Å². The number of carbonyl (C=O) groups is 2. The molecule has 37 heavy (non-hydrogen) atoms. The molecule has 2 fully saturated rings. The normalized spacial score (nSPS) is 18.7. The van der Waals surface area contributed by atoms with E-state index in [1.807, 2.05) is 55.5 Å². The third-order valence-electron chi connectivity index (χ3n) is 7.22. The first-order chi connectivity index (χ1) is 18.1. The van der Waals surface area contributed by atoms with Gasteiger partial charge >= 0.3 is 0 Å². The molecule has 0 unspecified atom stereocenters. The van der Waals surface area contributed by atoms with Gasteiger partial charge in [-0.2, -0.15) is 0 Å². The summed E-state index contributed by atoms with van der Waals surface area (Å²) in [6.07, 6.45) is 5.77. The summed E-state index contributed by atoms with van der Waals surface area (Å²) in [7, 11) is 0. The molecule has 3 aromatic rings. The van der Waals surface area contributed by atoms with E-state index < -0.39 is 6.04 Å². The van der Waals surface area contributed by atoms with Crippen LogP contribution in [0.2, 0.25) is 0 Å². The van der Waals surface area contributed by atoms with Gasteiger partial charge in [0, 0.05) is 24.8 Å². The second-order valence-corrected chi connectivity index (χ2v) is 9.78. The van der Waals surface area contributed by atoms with Crippen LogP contribution < -0.4 is 10.1 Å². The highest BCUT2D eigenvalue weighted by atomic mass is 16.5. The number of amides is 2. The van der Waals surface area contributed by atoms with Crippen LogP contribution in [0.15, 0.2) is 48.5 Å². The summed E-state index contributed by atoms with van der Waals surface area (Å²) in [5.74, 6) is 0.200. The van der Waals surface area contributed by atoms with Crippen LogP contribution in [0.25, 0.3) is 11.0 Å². The van der Waals surface area contributed by atoms with E-state index in [9.17, 15) is 9.59 Å². The first-order valence-electron chi connectivity index (χ1n) is 13.4. The highest BCUT2D eigenvalue weighted by Gasteiger charge is 2.37. The number of carbonyl (C=O) groups excluding carboxylic acids is 2. The Labute approximate surface area is 217 Å². The molecule has 5 rings (SSSR count). The number of aromatic nitrogens is 3. The largest absolute Gasteiger partial charge is 0.494 e. The van der Waals surface area contributed by atoms with E-state index in [1.165, 1.54) is 0 Å². The Morgan fingerprint density at radius 3 is 2.68 bits per heavy atom. The quantitative estimate of drug-likeness (QED) is 0.452. The molecule has 2 amide bonds. The Bertz CT molecular complexity index is 1220. The zero-order valence-electron chi connectivity index (χ0n) is 21.3. The molecule has 0 spiro atoms. The van der Waals surface area contributed by atoms with Crippen LogP contribution in [-0.2, 0) is 20.9 Å². The van der Waals surface area contributed by atoms with E-state index >= 15 is 0 Å². The van der Waals surface area contributed by atoms with Gasteiger partial charge < -0.3 is 19.7 Å². The number of nitrogens with one attached hydrogen (secondary N) is 1. The number of benzene rings is 2. The zero-order chi connectivity index (χ0) is 25.6. The number of hydrogen-bond acceptors (Lipinski definition) is 6. The Hall–Kier alpha value is -3.46. The SMILES string of the molecule is CCOc1ccccc1[C@H](C(=O)NC1CCCC1)N(C[C@@H]1CCCO1)C(=O)Cn1nnc2ccccc21. The second-order valence-electron chi connectivity index (χ2n) is 9.78. The topological polar surface area (TPSA) is 98.6 Å². The van der Waals surface area contributed by atoms with Gasteiger partial charge in [-0.1, -0.05) is 48.4 Å². The standard InChI is InChI=1S/C28H35N5O4/c1-2-36-25-16-8-5-13-22(25)27(28(35)29-20-10-3-4-11-20)32(18-21-12-9-17-37-21)26(34)19-33-24-15-7-6-14-23(24)30-31-33/h5-8,13-16,20-21,27H,2-4,9-12,17-19H2,1H3,(H,29,35)/t21-,27+/m0/s1. The molecule has 2 aliphatic rings. The van der Waals surface area contributed by atoms with E-state index in [2.05, 4.69) is 15.6 Å².